The number of para-hydroxylation sites is 1. The van der Waals surface area contributed by atoms with Gasteiger partial charge in [-0.1, -0.05) is 12.1 Å². The standard InChI is InChI=1S/C13H11BrFNO3S/c1-19-13-7-6-9(8-11(13)15)20(17,18)16-12-5-3-2-4-10(12)14/h2-8,16H,1H3. The fraction of sp³-hybridized carbons (Fsp3) is 0.0769. The predicted octanol–water partition coefficient (Wildman–Crippen LogP) is 3.40. The quantitative estimate of drug-likeness (QED) is 0.909. The molecule has 4 nitrogen and oxygen atoms in total. The fourth-order valence-corrected chi connectivity index (χ4v) is 3.17. The Hall–Kier alpha value is -1.60. The van der Waals surface area contributed by atoms with Crippen LogP contribution in [0.3, 0.4) is 0 Å². The lowest BCUT2D eigenvalue weighted by Crippen LogP contribution is -2.13. The molecule has 7 heteroatoms. The molecule has 106 valence electrons. The molecule has 0 saturated carbocycles. The number of rotatable bonds is 4. The maximum absolute atomic E-state index is 13.6. The molecule has 0 radical (unpaired) electrons. The Morgan fingerprint density at radius 2 is 1.90 bits per heavy atom. The van der Waals surface area contributed by atoms with Crippen LogP contribution >= 0.6 is 15.9 Å². The van der Waals surface area contributed by atoms with Gasteiger partial charge in [-0.05, 0) is 46.3 Å². The molecular formula is C13H11BrFNO3S. The molecule has 0 spiro atoms. The minimum Gasteiger partial charge on any atom is -0.494 e. The molecule has 0 aliphatic carbocycles. The van der Waals surface area contributed by atoms with Crippen LogP contribution in [0.1, 0.15) is 0 Å². The molecule has 0 heterocycles. The third-order valence-electron chi connectivity index (χ3n) is 2.55. The summed E-state index contributed by atoms with van der Waals surface area (Å²) in [6.45, 7) is 0. The zero-order valence-corrected chi connectivity index (χ0v) is 12.8. The highest BCUT2D eigenvalue weighted by Crippen LogP contribution is 2.26. The van der Waals surface area contributed by atoms with Crippen molar-refractivity contribution in [1.29, 1.82) is 0 Å². The Kier molecular flexibility index (Phi) is 4.29. The van der Waals surface area contributed by atoms with Gasteiger partial charge in [-0.15, -0.1) is 0 Å². The number of methoxy groups -OCH3 is 1. The van der Waals surface area contributed by atoms with Gasteiger partial charge in [0.25, 0.3) is 10.0 Å². The molecule has 0 saturated heterocycles. The Balaban J connectivity index is 2.36. The zero-order valence-electron chi connectivity index (χ0n) is 10.4. The average molecular weight is 360 g/mol. The van der Waals surface area contributed by atoms with Gasteiger partial charge in [-0.3, -0.25) is 4.72 Å². The number of hydrogen-bond donors (Lipinski definition) is 1. The van der Waals surface area contributed by atoms with Crippen molar-refractivity contribution in [3.8, 4) is 5.75 Å². The van der Waals surface area contributed by atoms with Crippen LogP contribution < -0.4 is 9.46 Å². The highest BCUT2D eigenvalue weighted by Gasteiger charge is 2.17. The van der Waals surface area contributed by atoms with Crippen LogP contribution in [0, 0.1) is 5.82 Å². The SMILES string of the molecule is COc1ccc(S(=O)(=O)Nc2ccccc2Br)cc1F. The number of nitrogens with one attached hydrogen (secondary N) is 1. The minimum atomic E-state index is -3.86. The number of anilines is 1. The first-order valence-electron chi connectivity index (χ1n) is 5.55. The Morgan fingerprint density at radius 3 is 2.50 bits per heavy atom. The second-order valence-electron chi connectivity index (χ2n) is 3.88. The number of benzene rings is 2. The summed E-state index contributed by atoms with van der Waals surface area (Å²) in [6.07, 6.45) is 0. The summed E-state index contributed by atoms with van der Waals surface area (Å²) in [5.41, 5.74) is 0.378. The van der Waals surface area contributed by atoms with Crippen LogP contribution in [0.15, 0.2) is 51.8 Å². The summed E-state index contributed by atoms with van der Waals surface area (Å²) in [5.74, 6) is -0.743. The Labute approximate surface area is 124 Å². The average Bonchev–Trinajstić information content (AvgIpc) is 2.41. The van der Waals surface area contributed by atoms with Gasteiger partial charge in [0.1, 0.15) is 0 Å². The van der Waals surface area contributed by atoms with E-state index in [1.807, 2.05) is 0 Å². The van der Waals surface area contributed by atoms with E-state index in [4.69, 9.17) is 4.74 Å². The van der Waals surface area contributed by atoms with Gasteiger partial charge in [0.05, 0.1) is 17.7 Å². The lowest BCUT2D eigenvalue weighted by atomic mass is 10.3. The zero-order chi connectivity index (χ0) is 14.8. The van der Waals surface area contributed by atoms with Gasteiger partial charge in [0, 0.05) is 4.47 Å². The van der Waals surface area contributed by atoms with Gasteiger partial charge in [0.2, 0.25) is 0 Å². The Bertz CT molecular complexity index is 734. The summed E-state index contributed by atoms with van der Waals surface area (Å²) in [6, 6.07) is 10.2. The van der Waals surface area contributed by atoms with Crippen molar-refractivity contribution in [3.63, 3.8) is 0 Å². The van der Waals surface area contributed by atoms with Crippen molar-refractivity contribution in [1.82, 2.24) is 0 Å². The summed E-state index contributed by atoms with van der Waals surface area (Å²) in [4.78, 5) is -0.174. The van der Waals surface area contributed by atoms with Crippen LogP contribution in [-0.2, 0) is 10.0 Å². The van der Waals surface area contributed by atoms with Crippen LogP contribution in [-0.4, -0.2) is 15.5 Å². The van der Waals surface area contributed by atoms with Crippen LogP contribution in [0.5, 0.6) is 5.75 Å². The molecule has 0 unspecified atom stereocenters. The minimum absolute atomic E-state index is 0.00941. The normalized spacial score (nSPS) is 11.2. The molecule has 0 bridgehead atoms. The second kappa shape index (κ2) is 5.80. The van der Waals surface area contributed by atoms with Crippen molar-refractivity contribution in [2.75, 3.05) is 11.8 Å². The van der Waals surface area contributed by atoms with E-state index in [9.17, 15) is 12.8 Å². The maximum Gasteiger partial charge on any atom is 0.262 e. The lowest BCUT2D eigenvalue weighted by Gasteiger charge is -2.10. The van der Waals surface area contributed by atoms with Gasteiger partial charge < -0.3 is 4.74 Å². The van der Waals surface area contributed by atoms with Crippen molar-refractivity contribution in [2.45, 2.75) is 4.90 Å². The molecule has 0 aliphatic heterocycles. The third-order valence-corrected chi connectivity index (χ3v) is 4.61. The number of hydrogen-bond acceptors (Lipinski definition) is 3. The van der Waals surface area contributed by atoms with Crippen molar-refractivity contribution < 1.29 is 17.5 Å². The molecule has 0 amide bonds. The van der Waals surface area contributed by atoms with E-state index in [1.165, 1.54) is 19.2 Å². The first kappa shape index (κ1) is 14.8. The predicted molar refractivity (Wildman–Crippen MR) is 77.9 cm³/mol. The van der Waals surface area contributed by atoms with Gasteiger partial charge in [-0.2, -0.15) is 0 Å². The smallest absolute Gasteiger partial charge is 0.262 e. The molecule has 2 rings (SSSR count). The molecule has 2 aromatic carbocycles. The van der Waals surface area contributed by atoms with Crippen LogP contribution in [0.25, 0.3) is 0 Å². The summed E-state index contributed by atoms with van der Waals surface area (Å²) in [5, 5.41) is 0. The second-order valence-corrected chi connectivity index (χ2v) is 6.42. The topological polar surface area (TPSA) is 55.4 Å². The number of halogens is 2. The maximum atomic E-state index is 13.6. The molecule has 0 atom stereocenters. The van der Waals surface area contributed by atoms with E-state index < -0.39 is 15.8 Å². The summed E-state index contributed by atoms with van der Waals surface area (Å²) >= 11 is 3.24. The molecular weight excluding hydrogens is 349 g/mol. The highest BCUT2D eigenvalue weighted by molar-refractivity contribution is 9.10. The van der Waals surface area contributed by atoms with Gasteiger partial charge >= 0.3 is 0 Å². The molecule has 2 aromatic rings. The van der Waals surface area contributed by atoms with E-state index in [1.54, 1.807) is 24.3 Å². The van der Waals surface area contributed by atoms with Crippen molar-refractivity contribution in [2.24, 2.45) is 0 Å². The first-order chi connectivity index (χ1) is 9.44. The van der Waals surface area contributed by atoms with Crippen molar-refractivity contribution in [3.05, 3.63) is 52.8 Å². The van der Waals surface area contributed by atoms with E-state index in [2.05, 4.69) is 20.7 Å². The fourth-order valence-electron chi connectivity index (χ4n) is 1.56. The number of sulfonamides is 1. The van der Waals surface area contributed by atoms with Gasteiger partial charge in [-0.25, -0.2) is 12.8 Å². The number of ether oxygens (including phenoxy) is 1. The Morgan fingerprint density at radius 1 is 1.20 bits per heavy atom. The largest absolute Gasteiger partial charge is 0.494 e. The third kappa shape index (κ3) is 3.10. The lowest BCUT2D eigenvalue weighted by molar-refractivity contribution is 0.385. The summed E-state index contributed by atoms with van der Waals surface area (Å²) < 4.78 is 45.6. The van der Waals surface area contributed by atoms with E-state index in [0.29, 0.717) is 10.2 Å². The van der Waals surface area contributed by atoms with E-state index in [0.717, 1.165) is 6.07 Å². The van der Waals surface area contributed by atoms with Crippen LogP contribution in [0.4, 0.5) is 10.1 Å². The monoisotopic (exact) mass is 359 g/mol. The first-order valence-corrected chi connectivity index (χ1v) is 7.82. The molecule has 0 fully saturated rings. The van der Waals surface area contributed by atoms with E-state index in [-0.39, 0.29) is 10.6 Å². The van der Waals surface area contributed by atoms with E-state index >= 15 is 0 Å². The molecule has 0 aliphatic rings. The van der Waals surface area contributed by atoms with Crippen molar-refractivity contribution >= 4 is 31.6 Å². The van der Waals surface area contributed by atoms with Gasteiger partial charge in [0.15, 0.2) is 11.6 Å². The molecule has 20 heavy (non-hydrogen) atoms. The highest BCUT2D eigenvalue weighted by atomic mass is 79.9. The molecule has 1 N–H and O–H groups in total. The molecule has 0 aromatic heterocycles. The summed E-state index contributed by atoms with van der Waals surface area (Å²) in [7, 11) is -2.55. The van der Waals surface area contributed by atoms with Crippen LogP contribution in [0.2, 0.25) is 0 Å².